The average Bonchev–Trinajstić information content (AvgIpc) is 2.34. The number of hydrogen-bond donors (Lipinski definition) is 1. The summed E-state index contributed by atoms with van der Waals surface area (Å²) in [5, 5.41) is 0. The Balaban J connectivity index is 2.15. The van der Waals surface area contributed by atoms with E-state index < -0.39 is 11.6 Å². The molecular formula is C13H12F2N2O. The van der Waals surface area contributed by atoms with Crippen LogP contribution in [0.2, 0.25) is 0 Å². The lowest BCUT2D eigenvalue weighted by Crippen LogP contribution is -2.06. The third-order valence-corrected chi connectivity index (χ3v) is 2.35. The lowest BCUT2D eigenvalue weighted by atomic mass is 10.2. The van der Waals surface area contributed by atoms with Crippen LogP contribution in [-0.2, 0) is 0 Å². The van der Waals surface area contributed by atoms with E-state index in [1.165, 1.54) is 12.3 Å². The number of ether oxygens (including phenoxy) is 1. The third-order valence-electron chi connectivity index (χ3n) is 2.35. The highest BCUT2D eigenvalue weighted by atomic mass is 19.2. The molecule has 0 fully saturated rings. The van der Waals surface area contributed by atoms with Gasteiger partial charge in [0.05, 0.1) is 11.9 Å². The zero-order valence-electron chi connectivity index (χ0n) is 9.73. The van der Waals surface area contributed by atoms with Crippen molar-refractivity contribution in [1.82, 2.24) is 4.98 Å². The summed E-state index contributed by atoms with van der Waals surface area (Å²) in [6.07, 6.45) is 1.49. The number of pyridine rings is 1. The van der Waals surface area contributed by atoms with Crippen LogP contribution in [0.15, 0.2) is 36.5 Å². The second-order valence-corrected chi connectivity index (χ2v) is 3.89. The molecule has 2 N–H and O–H groups in total. The van der Waals surface area contributed by atoms with Gasteiger partial charge in [0.1, 0.15) is 11.5 Å². The van der Waals surface area contributed by atoms with E-state index in [1.807, 2.05) is 6.92 Å². The molecule has 5 heteroatoms. The number of rotatable bonds is 3. The second-order valence-electron chi connectivity index (χ2n) is 3.89. The van der Waals surface area contributed by atoms with Gasteiger partial charge in [0, 0.05) is 12.1 Å². The Labute approximate surface area is 103 Å². The minimum atomic E-state index is -0.951. The Hall–Kier alpha value is -2.01. The molecular weight excluding hydrogens is 238 g/mol. The molecule has 0 aliphatic rings. The van der Waals surface area contributed by atoms with Crippen LogP contribution in [0.3, 0.4) is 0 Å². The summed E-state index contributed by atoms with van der Waals surface area (Å²) < 4.78 is 31.0. The highest BCUT2D eigenvalue weighted by molar-refractivity contribution is 5.30. The van der Waals surface area contributed by atoms with Crippen molar-refractivity contribution in [2.45, 2.75) is 13.0 Å². The summed E-state index contributed by atoms with van der Waals surface area (Å²) in [7, 11) is 0. The van der Waals surface area contributed by atoms with E-state index >= 15 is 0 Å². The molecule has 18 heavy (non-hydrogen) atoms. The van der Waals surface area contributed by atoms with Crippen molar-refractivity contribution in [3.63, 3.8) is 0 Å². The molecule has 0 saturated heterocycles. The molecule has 1 heterocycles. The molecule has 3 nitrogen and oxygen atoms in total. The number of benzene rings is 1. The van der Waals surface area contributed by atoms with Crippen molar-refractivity contribution in [1.29, 1.82) is 0 Å². The third kappa shape index (κ3) is 2.81. The summed E-state index contributed by atoms with van der Waals surface area (Å²) in [6.45, 7) is 1.82. The van der Waals surface area contributed by atoms with Crippen LogP contribution in [-0.4, -0.2) is 4.98 Å². The van der Waals surface area contributed by atoms with E-state index in [4.69, 9.17) is 10.5 Å². The number of nitrogens with zero attached hydrogens (tertiary/aromatic N) is 1. The van der Waals surface area contributed by atoms with Crippen LogP contribution in [0, 0.1) is 11.6 Å². The van der Waals surface area contributed by atoms with Crippen molar-refractivity contribution in [3.05, 3.63) is 53.9 Å². The number of nitrogens with two attached hydrogens (primary N) is 1. The van der Waals surface area contributed by atoms with Gasteiger partial charge in [-0.2, -0.15) is 0 Å². The first-order chi connectivity index (χ1) is 8.56. The monoisotopic (exact) mass is 250 g/mol. The minimum Gasteiger partial charge on any atom is -0.456 e. The van der Waals surface area contributed by atoms with Crippen LogP contribution in [0.5, 0.6) is 11.5 Å². The van der Waals surface area contributed by atoms with Crippen molar-refractivity contribution in [2.75, 3.05) is 0 Å². The van der Waals surface area contributed by atoms with Gasteiger partial charge in [0.25, 0.3) is 0 Å². The SMILES string of the molecule is C[C@H](N)c1ccc(Oc2ccc(F)c(F)c2)cn1. The molecule has 0 spiro atoms. The van der Waals surface area contributed by atoms with E-state index in [2.05, 4.69) is 4.98 Å². The van der Waals surface area contributed by atoms with Gasteiger partial charge in [-0.1, -0.05) is 0 Å². The molecule has 2 aromatic rings. The molecule has 0 aliphatic carbocycles. The largest absolute Gasteiger partial charge is 0.456 e. The Morgan fingerprint density at radius 1 is 1.11 bits per heavy atom. The number of aromatic nitrogens is 1. The van der Waals surface area contributed by atoms with Crippen LogP contribution in [0.4, 0.5) is 8.78 Å². The summed E-state index contributed by atoms with van der Waals surface area (Å²) in [5.74, 6) is -1.21. The summed E-state index contributed by atoms with van der Waals surface area (Å²) >= 11 is 0. The zero-order chi connectivity index (χ0) is 13.1. The Morgan fingerprint density at radius 2 is 1.83 bits per heavy atom. The fourth-order valence-corrected chi connectivity index (χ4v) is 1.40. The Bertz CT molecular complexity index is 541. The van der Waals surface area contributed by atoms with Gasteiger partial charge in [-0.15, -0.1) is 0 Å². The predicted molar refractivity (Wildman–Crippen MR) is 63.3 cm³/mol. The molecule has 0 radical (unpaired) electrons. The van der Waals surface area contributed by atoms with Crippen LogP contribution >= 0.6 is 0 Å². The van der Waals surface area contributed by atoms with Gasteiger partial charge < -0.3 is 10.5 Å². The molecule has 94 valence electrons. The van der Waals surface area contributed by atoms with Gasteiger partial charge in [0.15, 0.2) is 11.6 Å². The van der Waals surface area contributed by atoms with Gasteiger partial charge in [-0.05, 0) is 31.2 Å². The summed E-state index contributed by atoms with van der Waals surface area (Å²) in [5.41, 5.74) is 6.39. The Morgan fingerprint density at radius 3 is 2.39 bits per heavy atom. The normalized spacial score (nSPS) is 12.2. The van der Waals surface area contributed by atoms with Crippen LogP contribution in [0.1, 0.15) is 18.7 Å². The van der Waals surface area contributed by atoms with Gasteiger partial charge in [-0.25, -0.2) is 8.78 Å². The molecule has 1 aromatic carbocycles. The summed E-state index contributed by atoms with van der Waals surface area (Å²) in [4.78, 5) is 4.10. The quantitative estimate of drug-likeness (QED) is 0.910. The molecule has 2 rings (SSSR count). The molecule has 0 aliphatic heterocycles. The smallest absolute Gasteiger partial charge is 0.162 e. The minimum absolute atomic E-state index is 0.165. The van der Waals surface area contributed by atoms with Crippen molar-refractivity contribution < 1.29 is 13.5 Å². The maximum absolute atomic E-state index is 13.0. The zero-order valence-corrected chi connectivity index (χ0v) is 9.73. The highest BCUT2D eigenvalue weighted by Gasteiger charge is 2.05. The van der Waals surface area contributed by atoms with Crippen molar-refractivity contribution >= 4 is 0 Å². The van der Waals surface area contributed by atoms with Crippen LogP contribution < -0.4 is 10.5 Å². The van der Waals surface area contributed by atoms with E-state index in [0.717, 1.165) is 17.8 Å². The molecule has 0 saturated carbocycles. The second kappa shape index (κ2) is 5.10. The predicted octanol–water partition coefficient (Wildman–Crippen LogP) is 3.17. The fraction of sp³-hybridized carbons (Fsp3) is 0.154. The topological polar surface area (TPSA) is 48.1 Å². The first-order valence-electron chi connectivity index (χ1n) is 5.40. The van der Waals surface area contributed by atoms with E-state index in [-0.39, 0.29) is 11.8 Å². The average molecular weight is 250 g/mol. The highest BCUT2D eigenvalue weighted by Crippen LogP contribution is 2.23. The lowest BCUT2D eigenvalue weighted by molar-refractivity contribution is 0.459. The number of halogens is 2. The molecule has 0 bridgehead atoms. The molecule has 0 amide bonds. The van der Waals surface area contributed by atoms with Crippen LogP contribution in [0.25, 0.3) is 0 Å². The van der Waals surface area contributed by atoms with E-state index in [1.54, 1.807) is 12.1 Å². The fourth-order valence-electron chi connectivity index (χ4n) is 1.40. The maximum atomic E-state index is 13.0. The van der Waals surface area contributed by atoms with Gasteiger partial charge >= 0.3 is 0 Å². The van der Waals surface area contributed by atoms with Gasteiger partial charge in [-0.3, -0.25) is 4.98 Å². The van der Waals surface area contributed by atoms with Crippen molar-refractivity contribution in [2.24, 2.45) is 5.73 Å². The molecule has 1 aromatic heterocycles. The summed E-state index contributed by atoms with van der Waals surface area (Å²) in [6, 6.07) is 6.57. The van der Waals surface area contributed by atoms with E-state index in [0.29, 0.717) is 5.75 Å². The Kier molecular flexibility index (Phi) is 3.53. The standard InChI is InChI=1S/C13H12F2N2O/c1-8(16)13-5-3-10(7-17-13)18-9-2-4-11(14)12(15)6-9/h2-8H,16H2,1H3/t8-/m0/s1. The molecule has 0 unspecified atom stereocenters. The van der Waals surface area contributed by atoms with Gasteiger partial charge in [0.2, 0.25) is 0 Å². The lowest BCUT2D eigenvalue weighted by Gasteiger charge is -2.08. The first kappa shape index (κ1) is 12.4. The first-order valence-corrected chi connectivity index (χ1v) is 5.40. The molecule has 1 atom stereocenters. The van der Waals surface area contributed by atoms with E-state index in [9.17, 15) is 8.78 Å². The van der Waals surface area contributed by atoms with Crippen molar-refractivity contribution in [3.8, 4) is 11.5 Å². The maximum Gasteiger partial charge on any atom is 0.162 e. The number of hydrogen-bond acceptors (Lipinski definition) is 3.